The number of hydrogen-bond acceptors (Lipinski definition) is 3. The molecule has 4 heteroatoms. The van der Waals surface area contributed by atoms with Gasteiger partial charge in [0.2, 0.25) is 5.91 Å². The van der Waals surface area contributed by atoms with Gasteiger partial charge in [0.25, 0.3) is 0 Å². The lowest BCUT2D eigenvalue weighted by Crippen LogP contribution is -2.43. The van der Waals surface area contributed by atoms with E-state index < -0.39 is 12.3 Å². The number of aliphatic hydroxyl groups is 2. The second-order valence-electron chi connectivity index (χ2n) is 9.84. The van der Waals surface area contributed by atoms with Crippen molar-refractivity contribution in [2.24, 2.45) is 0 Å². The highest BCUT2D eigenvalue weighted by Gasteiger charge is 2.17. The summed E-state index contributed by atoms with van der Waals surface area (Å²) in [6.07, 6.45) is 26.3. The van der Waals surface area contributed by atoms with E-state index in [1.165, 1.54) is 109 Å². The maximum atomic E-state index is 11.8. The molecule has 0 fully saturated rings. The van der Waals surface area contributed by atoms with Crippen molar-refractivity contribution in [3.8, 4) is 0 Å². The molecule has 0 spiro atoms. The SMILES string of the molecule is CCCCCCCCCCCCCCCCCCCCCC(=O)NC(O)C(O)CCCC. The van der Waals surface area contributed by atoms with Gasteiger partial charge in [-0.1, -0.05) is 142 Å². The van der Waals surface area contributed by atoms with Gasteiger partial charge in [-0.3, -0.25) is 4.79 Å². The minimum Gasteiger partial charge on any atom is -0.388 e. The quantitative estimate of drug-likeness (QED) is 0.0971. The molecule has 0 radical (unpaired) electrons. The predicted octanol–water partition coefficient (Wildman–Crippen LogP) is 7.79. The van der Waals surface area contributed by atoms with Crippen LogP contribution in [0, 0.1) is 0 Å². The first-order valence-corrected chi connectivity index (χ1v) is 14.3. The summed E-state index contributed by atoms with van der Waals surface area (Å²) >= 11 is 0. The summed E-state index contributed by atoms with van der Waals surface area (Å²) in [7, 11) is 0. The zero-order valence-electron chi connectivity index (χ0n) is 21.7. The van der Waals surface area contributed by atoms with Gasteiger partial charge in [-0.25, -0.2) is 0 Å². The third-order valence-electron chi connectivity index (χ3n) is 6.53. The number of carbonyl (C=O) groups excluding carboxylic acids is 1. The smallest absolute Gasteiger partial charge is 0.222 e. The Hall–Kier alpha value is -0.610. The topological polar surface area (TPSA) is 69.6 Å². The zero-order chi connectivity index (χ0) is 23.7. The molecule has 0 saturated heterocycles. The monoisotopic (exact) mass is 455 g/mol. The van der Waals surface area contributed by atoms with Crippen molar-refractivity contribution in [1.82, 2.24) is 5.32 Å². The van der Waals surface area contributed by atoms with Crippen LogP contribution in [0.1, 0.15) is 162 Å². The van der Waals surface area contributed by atoms with Gasteiger partial charge in [0.1, 0.15) is 0 Å². The molecule has 4 nitrogen and oxygen atoms in total. The molecule has 32 heavy (non-hydrogen) atoms. The van der Waals surface area contributed by atoms with E-state index in [1.807, 2.05) is 6.92 Å². The minimum absolute atomic E-state index is 0.153. The summed E-state index contributed by atoms with van der Waals surface area (Å²) in [4.78, 5) is 11.8. The standard InChI is InChI=1S/C28H57NO3/c1-3-5-7-8-9-10-11-12-13-14-15-16-17-18-19-20-21-22-23-25-27(31)29-28(32)26(30)24-6-4-2/h26,28,30,32H,3-25H2,1-2H3,(H,29,31). The molecule has 0 aromatic heterocycles. The lowest BCUT2D eigenvalue weighted by Gasteiger charge is -2.18. The summed E-state index contributed by atoms with van der Waals surface area (Å²) in [5.41, 5.74) is 0. The molecule has 0 bridgehead atoms. The average molecular weight is 456 g/mol. The van der Waals surface area contributed by atoms with Crippen LogP contribution in [0.25, 0.3) is 0 Å². The van der Waals surface area contributed by atoms with E-state index in [0.717, 1.165) is 25.7 Å². The van der Waals surface area contributed by atoms with Crippen LogP contribution in [-0.4, -0.2) is 28.5 Å². The van der Waals surface area contributed by atoms with Gasteiger partial charge in [0, 0.05) is 6.42 Å². The molecule has 2 unspecified atom stereocenters. The van der Waals surface area contributed by atoms with E-state index in [2.05, 4.69) is 12.2 Å². The maximum Gasteiger partial charge on any atom is 0.222 e. The van der Waals surface area contributed by atoms with Crippen molar-refractivity contribution in [3.63, 3.8) is 0 Å². The predicted molar refractivity (Wildman–Crippen MR) is 138 cm³/mol. The van der Waals surface area contributed by atoms with Crippen LogP contribution in [0.5, 0.6) is 0 Å². The van der Waals surface area contributed by atoms with Gasteiger partial charge in [0.15, 0.2) is 6.23 Å². The van der Waals surface area contributed by atoms with Crippen molar-refractivity contribution < 1.29 is 15.0 Å². The summed E-state index contributed by atoms with van der Waals surface area (Å²) in [5.74, 6) is -0.153. The molecule has 192 valence electrons. The van der Waals surface area contributed by atoms with Crippen LogP contribution in [0.4, 0.5) is 0 Å². The summed E-state index contributed by atoms with van der Waals surface area (Å²) in [6.45, 7) is 4.32. The third kappa shape index (κ3) is 22.6. The van der Waals surface area contributed by atoms with Crippen LogP contribution in [0.3, 0.4) is 0 Å². The number of rotatable bonds is 25. The Labute approximate surface area is 200 Å². The fraction of sp³-hybridized carbons (Fsp3) is 0.964. The number of amides is 1. The first kappa shape index (κ1) is 31.4. The molecule has 0 aliphatic rings. The Morgan fingerprint density at radius 1 is 0.562 bits per heavy atom. The van der Waals surface area contributed by atoms with Crippen molar-refractivity contribution in [3.05, 3.63) is 0 Å². The molecule has 0 aromatic carbocycles. The van der Waals surface area contributed by atoms with E-state index in [4.69, 9.17) is 0 Å². The van der Waals surface area contributed by atoms with Gasteiger partial charge in [-0.05, 0) is 12.8 Å². The molecule has 0 rings (SSSR count). The number of nitrogens with one attached hydrogen (secondary N) is 1. The first-order valence-electron chi connectivity index (χ1n) is 14.3. The van der Waals surface area contributed by atoms with Crippen LogP contribution in [0.2, 0.25) is 0 Å². The highest BCUT2D eigenvalue weighted by Crippen LogP contribution is 2.15. The molecule has 0 heterocycles. The normalized spacial score (nSPS) is 13.2. The number of unbranched alkanes of at least 4 members (excludes halogenated alkanes) is 19. The number of hydrogen-bond donors (Lipinski definition) is 3. The van der Waals surface area contributed by atoms with Gasteiger partial charge in [0.05, 0.1) is 6.10 Å². The van der Waals surface area contributed by atoms with Crippen LogP contribution < -0.4 is 5.32 Å². The van der Waals surface area contributed by atoms with Crippen molar-refractivity contribution in [2.75, 3.05) is 0 Å². The minimum atomic E-state index is -1.13. The Morgan fingerprint density at radius 2 is 0.906 bits per heavy atom. The fourth-order valence-electron chi connectivity index (χ4n) is 4.27. The molecule has 3 N–H and O–H groups in total. The van der Waals surface area contributed by atoms with Crippen LogP contribution in [0.15, 0.2) is 0 Å². The van der Waals surface area contributed by atoms with Crippen molar-refractivity contribution >= 4 is 5.91 Å². The zero-order valence-corrected chi connectivity index (χ0v) is 21.7. The Bertz CT molecular complexity index is 389. The molecule has 0 aliphatic carbocycles. The number of carbonyl (C=O) groups is 1. The fourth-order valence-corrected chi connectivity index (χ4v) is 4.27. The Balaban J connectivity index is 3.25. The molecule has 2 atom stereocenters. The maximum absolute atomic E-state index is 11.8. The molecular weight excluding hydrogens is 398 g/mol. The molecule has 0 saturated carbocycles. The Kier molecular flexibility index (Phi) is 24.5. The molecule has 1 amide bonds. The van der Waals surface area contributed by atoms with Gasteiger partial charge in [-0.2, -0.15) is 0 Å². The lowest BCUT2D eigenvalue weighted by molar-refractivity contribution is -0.127. The average Bonchev–Trinajstić information content (AvgIpc) is 2.78. The second kappa shape index (κ2) is 25.0. The summed E-state index contributed by atoms with van der Waals surface area (Å²) in [6, 6.07) is 0. The van der Waals surface area contributed by atoms with Crippen molar-refractivity contribution in [2.45, 2.75) is 174 Å². The Morgan fingerprint density at radius 3 is 1.28 bits per heavy atom. The van der Waals surface area contributed by atoms with E-state index in [-0.39, 0.29) is 5.91 Å². The summed E-state index contributed by atoms with van der Waals surface area (Å²) in [5, 5.41) is 22.1. The summed E-state index contributed by atoms with van der Waals surface area (Å²) < 4.78 is 0. The second-order valence-corrected chi connectivity index (χ2v) is 9.84. The number of aliphatic hydroxyl groups excluding tert-OH is 2. The largest absolute Gasteiger partial charge is 0.388 e. The van der Waals surface area contributed by atoms with Gasteiger partial charge in [-0.15, -0.1) is 0 Å². The van der Waals surface area contributed by atoms with Crippen LogP contribution in [-0.2, 0) is 4.79 Å². The third-order valence-corrected chi connectivity index (χ3v) is 6.53. The van der Waals surface area contributed by atoms with E-state index in [1.54, 1.807) is 0 Å². The lowest BCUT2D eigenvalue weighted by atomic mass is 10.0. The van der Waals surface area contributed by atoms with E-state index in [0.29, 0.717) is 12.8 Å². The van der Waals surface area contributed by atoms with Crippen LogP contribution >= 0.6 is 0 Å². The molecule has 0 aromatic rings. The highest BCUT2D eigenvalue weighted by atomic mass is 16.3. The molecular formula is C28H57NO3. The van der Waals surface area contributed by atoms with Gasteiger partial charge < -0.3 is 15.5 Å². The van der Waals surface area contributed by atoms with Crippen molar-refractivity contribution in [1.29, 1.82) is 0 Å². The highest BCUT2D eigenvalue weighted by molar-refractivity contribution is 5.76. The van der Waals surface area contributed by atoms with Gasteiger partial charge >= 0.3 is 0 Å². The van der Waals surface area contributed by atoms with E-state index >= 15 is 0 Å². The molecule has 0 aliphatic heterocycles. The first-order chi connectivity index (χ1) is 15.6. The van der Waals surface area contributed by atoms with E-state index in [9.17, 15) is 15.0 Å².